The lowest BCUT2D eigenvalue weighted by Crippen LogP contribution is -2.59. The van der Waals surface area contributed by atoms with Crippen LogP contribution in [-0.2, 0) is 21.4 Å². The Balaban J connectivity index is 2.18. The van der Waals surface area contributed by atoms with E-state index in [0.29, 0.717) is 5.56 Å². The van der Waals surface area contributed by atoms with E-state index in [1.54, 1.807) is 13.2 Å². The summed E-state index contributed by atoms with van der Waals surface area (Å²) < 4.78 is 1.51. The van der Waals surface area contributed by atoms with Crippen molar-refractivity contribution >= 4 is 17.8 Å². The summed E-state index contributed by atoms with van der Waals surface area (Å²) in [5.41, 5.74) is 6.41. The quantitative estimate of drug-likeness (QED) is 0.602. The van der Waals surface area contributed by atoms with Gasteiger partial charge in [0.05, 0.1) is 12.6 Å². The maximum Gasteiger partial charge on any atom is 0.305 e. The molecule has 1 aliphatic rings. The molecule has 0 radical (unpaired) electrons. The summed E-state index contributed by atoms with van der Waals surface area (Å²) in [5, 5.41) is 15.4. The number of aryl methyl sites for hydroxylation is 1. The minimum Gasteiger partial charge on any atom is -0.481 e. The van der Waals surface area contributed by atoms with E-state index < -0.39 is 36.3 Å². The van der Waals surface area contributed by atoms with Crippen LogP contribution < -0.4 is 11.1 Å². The Morgan fingerprint density at radius 1 is 1.62 bits per heavy atom. The van der Waals surface area contributed by atoms with Crippen LogP contribution in [0.15, 0.2) is 12.4 Å². The highest BCUT2D eigenvalue weighted by Crippen LogP contribution is 2.17. The predicted octanol–water partition coefficient (Wildman–Crippen LogP) is -1.78. The number of hydrogen-bond donors (Lipinski definition) is 3. The fraction of sp³-hybridized carbons (Fsp3) is 0.500. The highest BCUT2D eigenvalue weighted by Gasteiger charge is 2.37. The Morgan fingerprint density at radius 2 is 2.33 bits per heavy atom. The van der Waals surface area contributed by atoms with Crippen LogP contribution in [0, 0.1) is 0 Å². The van der Waals surface area contributed by atoms with Crippen LogP contribution in [-0.4, -0.2) is 56.7 Å². The van der Waals surface area contributed by atoms with Crippen molar-refractivity contribution in [1.82, 2.24) is 20.0 Å². The van der Waals surface area contributed by atoms with Crippen molar-refractivity contribution < 1.29 is 19.5 Å². The normalized spacial score (nSPS) is 20.0. The smallest absolute Gasteiger partial charge is 0.305 e. The molecular weight excluding hydrogens is 278 g/mol. The first-order valence-electron chi connectivity index (χ1n) is 6.44. The molecule has 2 atom stereocenters. The number of carbonyl (C=O) groups is 3. The van der Waals surface area contributed by atoms with E-state index in [1.807, 2.05) is 0 Å². The van der Waals surface area contributed by atoms with E-state index >= 15 is 0 Å². The van der Waals surface area contributed by atoms with Gasteiger partial charge in [0.25, 0.3) is 0 Å². The number of nitrogens with two attached hydrogens (primary N) is 1. The lowest BCUT2D eigenvalue weighted by Gasteiger charge is -2.35. The molecular formula is C12H17N5O4. The molecule has 1 aromatic heterocycles. The standard InChI is InChI=1S/C12H17N5O4/c1-16-6-7(5-15-16)10(13)12(21)17-3-2-14-11(20)8(17)4-9(18)19/h5-6,8,10H,2-4,13H2,1H3,(H,14,20)(H,18,19). The maximum atomic E-state index is 12.4. The first-order chi connectivity index (χ1) is 9.90. The average Bonchev–Trinajstić information content (AvgIpc) is 2.85. The lowest BCUT2D eigenvalue weighted by atomic mass is 10.1. The van der Waals surface area contributed by atoms with Crippen LogP contribution in [0.25, 0.3) is 0 Å². The van der Waals surface area contributed by atoms with E-state index in [9.17, 15) is 14.4 Å². The summed E-state index contributed by atoms with van der Waals surface area (Å²) in [4.78, 5) is 36.3. The minimum absolute atomic E-state index is 0.233. The third-order valence-electron chi connectivity index (χ3n) is 3.33. The Labute approximate surface area is 120 Å². The first kappa shape index (κ1) is 15.0. The van der Waals surface area contributed by atoms with E-state index in [0.717, 1.165) is 0 Å². The Kier molecular flexibility index (Phi) is 4.22. The second-order valence-electron chi connectivity index (χ2n) is 4.86. The van der Waals surface area contributed by atoms with E-state index in [2.05, 4.69) is 10.4 Å². The maximum absolute atomic E-state index is 12.4. The summed E-state index contributed by atoms with van der Waals surface area (Å²) in [7, 11) is 1.70. The molecule has 114 valence electrons. The van der Waals surface area contributed by atoms with Gasteiger partial charge in [-0.3, -0.25) is 19.1 Å². The number of carboxylic acid groups (broad SMARTS) is 1. The molecule has 0 aromatic carbocycles. The van der Waals surface area contributed by atoms with Gasteiger partial charge >= 0.3 is 5.97 Å². The lowest BCUT2D eigenvalue weighted by molar-refractivity contribution is -0.149. The molecule has 0 bridgehead atoms. The van der Waals surface area contributed by atoms with Crippen LogP contribution in [0.4, 0.5) is 0 Å². The molecule has 2 unspecified atom stereocenters. The summed E-state index contributed by atoms with van der Waals surface area (Å²) in [5.74, 6) is -2.11. The molecule has 9 heteroatoms. The number of nitrogens with zero attached hydrogens (tertiary/aromatic N) is 3. The highest BCUT2D eigenvalue weighted by molar-refractivity contribution is 5.93. The third-order valence-corrected chi connectivity index (χ3v) is 3.33. The number of piperazine rings is 1. The van der Waals surface area contributed by atoms with Gasteiger partial charge in [0.15, 0.2) is 0 Å². The van der Waals surface area contributed by atoms with Gasteiger partial charge in [-0.25, -0.2) is 0 Å². The first-order valence-corrected chi connectivity index (χ1v) is 6.44. The van der Waals surface area contributed by atoms with Crippen LogP contribution in [0.5, 0.6) is 0 Å². The Hall–Kier alpha value is -2.42. The molecule has 9 nitrogen and oxygen atoms in total. The number of hydrogen-bond acceptors (Lipinski definition) is 5. The van der Waals surface area contributed by atoms with Gasteiger partial charge in [-0.1, -0.05) is 0 Å². The monoisotopic (exact) mass is 295 g/mol. The molecule has 2 heterocycles. The van der Waals surface area contributed by atoms with Crippen molar-refractivity contribution in [2.75, 3.05) is 13.1 Å². The second kappa shape index (κ2) is 5.92. The SMILES string of the molecule is Cn1cc(C(N)C(=O)N2CCNC(=O)C2CC(=O)O)cn1. The molecule has 0 spiro atoms. The van der Waals surface area contributed by atoms with Crippen molar-refractivity contribution in [1.29, 1.82) is 0 Å². The molecule has 0 aliphatic carbocycles. The fourth-order valence-corrected chi connectivity index (χ4v) is 2.27. The van der Waals surface area contributed by atoms with Crippen molar-refractivity contribution in [3.8, 4) is 0 Å². The van der Waals surface area contributed by atoms with Gasteiger partial charge in [-0.2, -0.15) is 5.10 Å². The van der Waals surface area contributed by atoms with Gasteiger partial charge in [-0.15, -0.1) is 0 Å². The highest BCUT2D eigenvalue weighted by atomic mass is 16.4. The van der Waals surface area contributed by atoms with Crippen LogP contribution in [0.1, 0.15) is 18.0 Å². The summed E-state index contributed by atoms with van der Waals surface area (Å²) >= 11 is 0. The third kappa shape index (κ3) is 3.19. The number of rotatable bonds is 4. The minimum atomic E-state index is -1.15. The molecule has 21 heavy (non-hydrogen) atoms. The van der Waals surface area contributed by atoms with Gasteiger partial charge in [0.2, 0.25) is 11.8 Å². The number of aromatic nitrogens is 2. The van der Waals surface area contributed by atoms with Gasteiger partial charge in [0.1, 0.15) is 12.1 Å². The van der Waals surface area contributed by atoms with Crippen LogP contribution >= 0.6 is 0 Å². The van der Waals surface area contributed by atoms with E-state index in [-0.39, 0.29) is 13.1 Å². The Morgan fingerprint density at radius 3 is 2.90 bits per heavy atom. The second-order valence-corrected chi connectivity index (χ2v) is 4.86. The van der Waals surface area contributed by atoms with Crippen LogP contribution in [0.2, 0.25) is 0 Å². The largest absolute Gasteiger partial charge is 0.481 e. The Bertz CT molecular complexity index is 570. The van der Waals surface area contributed by atoms with Crippen molar-refractivity contribution in [2.45, 2.75) is 18.5 Å². The number of carboxylic acids is 1. The average molecular weight is 295 g/mol. The van der Waals surface area contributed by atoms with Gasteiger partial charge in [0, 0.05) is 31.9 Å². The number of carbonyl (C=O) groups excluding carboxylic acids is 2. The molecule has 1 aromatic rings. The van der Waals surface area contributed by atoms with Crippen molar-refractivity contribution in [2.24, 2.45) is 12.8 Å². The van der Waals surface area contributed by atoms with Gasteiger partial charge < -0.3 is 21.1 Å². The predicted molar refractivity (Wildman–Crippen MR) is 70.9 cm³/mol. The van der Waals surface area contributed by atoms with Crippen molar-refractivity contribution in [3.05, 3.63) is 18.0 Å². The summed E-state index contributed by atoms with van der Waals surface area (Å²) in [6.45, 7) is 0.511. The van der Waals surface area contributed by atoms with E-state index in [1.165, 1.54) is 15.8 Å². The molecule has 2 rings (SSSR count). The topological polar surface area (TPSA) is 131 Å². The van der Waals surface area contributed by atoms with Crippen molar-refractivity contribution in [3.63, 3.8) is 0 Å². The summed E-state index contributed by atoms with van der Waals surface area (Å²) in [6, 6.07) is -2.01. The molecule has 1 aliphatic heterocycles. The zero-order valence-corrected chi connectivity index (χ0v) is 11.5. The van der Waals surface area contributed by atoms with E-state index in [4.69, 9.17) is 10.8 Å². The zero-order chi connectivity index (χ0) is 15.6. The fourth-order valence-electron chi connectivity index (χ4n) is 2.27. The van der Waals surface area contributed by atoms with Crippen LogP contribution in [0.3, 0.4) is 0 Å². The molecule has 4 N–H and O–H groups in total. The number of amides is 2. The molecule has 0 saturated carbocycles. The van der Waals surface area contributed by atoms with Gasteiger partial charge in [-0.05, 0) is 0 Å². The number of aliphatic carboxylic acids is 1. The zero-order valence-electron chi connectivity index (χ0n) is 11.5. The molecule has 2 amide bonds. The molecule has 1 fully saturated rings. The summed E-state index contributed by atoms with van der Waals surface area (Å²) in [6.07, 6.45) is 2.63. The number of nitrogens with one attached hydrogen (secondary N) is 1. The molecule has 1 saturated heterocycles.